The van der Waals surface area contributed by atoms with Crippen molar-refractivity contribution in [3.8, 4) is 33.4 Å². The number of benzene rings is 8. The molecule has 0 amide bonds. The highest BCUT2D eigenvalue weighted by molar-refractivity contribution is 7.25. The van der Waals surface area contributed by atoms with Crippen molar-refractivity contribution >= 4 is 59.3 Å². The Labute approximate surface area is 372 Å². The lowest BCUT2D eigenvalue weighted by Gasteiger charge is -2.32. The summed E-state index contributed by atoms with van der Waals surface area (Å²) in [7, 11) is 0. The summed E-state index contributed by atoms with van der Waals surface area (Å²) in [6, 6.07) is 64.5. The fourth-order valence-electron chi connectivity index (χ4n) is 10.0. The molecule has 2 heteroatoms. The fourth-order valence-corrected chi connectivity index (χ4v) is 11.2. The number of rotatable bonds is 7. The molecule has 9 aromatic rings. The summed E-state index contributed by atoms with van der Waals surface area (Å²) < 4.78 is 2.64. The summed E-state index contributed by atoms with van der Waals surface area (Å²) >= 11 is 1.88. The highest BCUT2D eigenvalue weighted by atomic mass is 32.1. The van der Waals surface area contributed by atoms with Gasteiger partial charge in [0.25, 0.3) is 0 Å². The average molecular weight is 824 g/mol. The standard InChI is InChI=1S/C60H57NS/c1-59(2,3)44-36-43(37-45(39-44)60(4,5)6)47-26-10-13-32-53(47)61(46-25-16-24-42(38-46)49-30-19-35-56-58(49)52-28-12-15-34-55(52)62-56)54-33-14-11-27-50(54)51-31-18-23-41-22-17-29-48(57(41)51)40-20-8-7-9-21-40/h10-19,22-40H,7-9,20-21H2,1-6H3. The molecule has 0 aliphatic heterocycles. The van der Waals surface area contributed by atoms with E-state index in [1.165, 1.54) is 119 Å². The molecular weight excluding hydrogens is 767 g/mol. The summed E-state index contributed by atoms with van der Waals surface area (Å²) in [5, 5.41) is 5.37. The van der Waals surface area contributed by atoms with Crippen molar-refractivity contribution in [2.75, 3.05) is 4.90 Å². The summed E-state index contributed by atoms with van der Waals surface area (Å²) in [5.41, 5.74) is 15.1. The first-order chi connectivity index (χ1) is 30.0. The fraction of sp³-hybridized carbons (Fsp3) is 0.233. The lowest BCUT2D eigenvalue weighted by molar-refractivity contribution is 0.445. The smallest absolute Gasteiger partial charge is 0.0540 e. The molecule has 1 nitrogen and oxygen atoms in total. The molecule has 0 spiro atoms. The van der Waals surface area contributed by atoms with Crippen LogP contribution >= 0.6 is 11.3 Å². The second kappa shape index (κ2) is 16.1. The van der Waals surface area contributed by atoms with Gasteiger partial charge in [-0.3, -0.25) is 0 Å². The van der Waals surface area contributed by atoms with Crippen molar-refractivity contribution < 1.29 is 0 Å². The Morgan fingerprint density at radius 3 is 1.77 bits per heavy atom. The van der Waals surface area contributed by atoms with Gasteiger partial charge in [0, 0.05) is 37.0 Å². The molecule has 0 saturated heterocycles. The van der Waals surface area contributed by atoms with Gasteiger partial charge in [0.05, 0.1) is 11.4 Å². The maximum atomic E-state index is 2.56. The number of fused-ring (bicyclic) bond motifs is 4. The van der Waals surface area contributed by atoms with Crippen LogP contribution in [0.15, 0.2) is 170 Å². The Balaban J connectivity index is 1.24. The largest absolute Gasteiger partial charge is 0.309 e. The van der Waals surface area contributed by atoms with Crippen LogP contribution in [0.3, 0.4) is 0 Å². The first-order valence-corrected chi connectivity index (χ1v) is 23.5. The Morgan fingerprint density at radius 2 is 1.03 bits per heavy atom. The van der Waals surface area contributed by atoms with Gasteiger partial charge >= 0.3 is 0 Å². The lowest BCUT2D eigenvalue weighted by Crippen LogP contribution is -2.17. The molecule has 1 heterocycles. The molecule has 0 radical (unpaired) electrons. The third-order valence-electron chi connectivity index (χ3n) is 13.4. The third kappa shape index (κ3) is 7.43. The Morgan fingerprint density at radius 1 is 0.452 bits per heavy atom. The van der Waals surface area contributed by atoms with Gasteiger partial charge in [0.1, 0.15) is 0 Å². The van der Waals surface area contributed by atoms with E-state index < -0.39 is 0 Å². The Bertz CT molecular complexity index is 3050. The molecule has 1 aromatic heterocycles. The van der Waals surface area contributed by atoms with Gasteiger partial charge in [0.15, 0.2) is 0 Å². The molecule has 1 aliphatic rings. The van der Waals surface area contributed by atoms with Crippen LogP contribution in [-0.2, 0) is 10.8 Å². The van der Waals surface area contributed by atoms with Crippen molar-refractivity contribution in [3.05, 3.63) is 187 Å². The molecule has 1 saturated carbocycles. The van der Waals surface area contributed by atoms with Gasteiger partial charge in [0.2, 0.25) is 0 Å². The van der Waals surface area contributed by atoms with Crippen molar-refractivity contribution in [2.24, 2.45) is 0 Å². The van der Waals surface area contributed by atoms with E-state index in [1.807, 2.05) is 11.3 Å². The van der Waals surface area contributed by atoms with E-state index in [4.69, 9.17) is 0 Å². The maximum absolute atomic E-state index is 2.56. The van der Waals surface area contributed by atoms with E-state index in [1.54, 1.807) is 0 Å². The predicted octanol–water partition coefficient (Wildman–Crippen LogP) is 18.3. The van der Waals surface area contributed by atoms with Crippen molar-refractivity contribution in [1.29, 1.82) is 0 Å². The first-order valence-electron chi connectivity index (χ1n) is 22.7. The zero-order valence-electron chi connectivity index (χ0n) is 37.1. The number of thiophene rings is 1. The van der Waals surface area contributed by atoms with E-state index in [0.717, 1.165) is 11.4 Å². The summed E-state index contributed by atoms with van der Waals surface area (Å²) in [6.45, 7) is 14.0. The van der Waals surface area contributed by atoms with E-state index in [0.29, 0.717) is 5.92 Å². The Kier molecular flexibility index (Phi) is 10.4. The third-order valence-corrected chi connectivity index (χ3v) is 14.5. The second-order valence-electron chi connectivity index (χ2n) is 19.6. The average Bonchev–Trinajstić information content (AvgIpc) is 3.68. The summed E-state index contributed by atoms with van der Waals surface area (Å²) in [4.78, 5) is 2.56. The molecule has 0 N–H and O–H groups in total. The molecule has 62 heavy (non-hydrogen) atoms. The summed E-state index contributed by atoms with van der Waals surface area (Å²) in [6.07, 6.45) is 6.48. The molecule has 10 rings (SSSR count). The Hall–Kier alpha value is -5.96. The van der Waals surface area contributed by atoms with Gasteiger partial charge in [-0.2, -0.15) is 0 Å². The topological polar surface area (TPSA) is 3.24 Å². The number of hydrogen-bond acceptors (Lipinski definition) is 2. The number of hydrogen-bond donors (Lipinski definition) is 0. The molecule has 0 unspecified atom stereocenters. The molecule has 0 bridgehead atoms. The predicted molar refractivity (Wildman–Crippen MR) is 271 cm³/mol. The SMILES string of the molecule is CC(C)(C)c1cc(-c2ccccc2N(c2cccc(-c3cccc4sc5ccccc5c34)c2)c2ccccc2-c2cccc3cccc(C4CCCCC4)c23)cc(C(C)(C)C)c1. The van der Waals surface area contributed by atoms with Crippen LogP contribution in [0.2, 0.25) is 0 Å². The lowest BCUT2D eigenvalue weighted by atomic mass is 9.78. The van der Waals surface area contributed by atoms with Crippen molar-refractivity contribution in [2.45, 2.75) is 90.4 Å². The van der Waals surface area contributed by atoms with Crippen LogP contribution in [0.4, 0.5) is 17.1 Å². The van der Waals surface area contributed by atoms with E-state index in [9.17, 15) is 0 Å². The van der Waals surface area contributed by atoms with E-state index >= 15 is 0 Å². The zero-order valence-corrected chi connectivity index (χ0v) is 38.0. The molecule has 8 aromatic carbocycles. The minimum Gasteiger partial charge on any atom is -0.309 e. The highest BCUT2D eigenvalue weighted by Gasteiger charge is 2.26. The maximum Gasteiger partial charge on any atom is 0.0540 e. The van der Waals surface area contributed by atoms with Crippen molar-refractivity contribution in [3.63, 3.8) is 0 Å². The number of anilines is 3. The van der Waals surface area contributed by atoms with Gasteiger partial charge in [-0.25, -0.2) is 0 Å². The zero-order chi connectivity index (χ0) is 42.6. The van der Waals surface area contributed by atoms with Crippen LogP contribution < -0.4 is 4.90 Å². The van der Waals surface area contributed by atoms with Gasteiger partial charge in [-0.15, -0.1) is 11.3 Å². The van der Waals surface area contributed by atoms with Crippen LogP contribution in [0.25, 0.3) is 64.3 Å². The molecule has 1 aliphatic carbocycles. The first kappa shape index (κ1) is 40.1. The van der Waals surface area contributed by atoms with Crippen LogP contribution in [-0.4, -0.2) is 0 Å². The van der Waals surface area contributed by atoms with Gasteiger partial charge < -0.3 is 4.90 Å². The number of para-hydroxylation sites is 2. The molecule has 1 fully saturated rings. The van der Waals surface area contributed by atoms with Crippen LogP contribution in [0.1, 0.15) is 96.3 Å². The normalized spacial score (nSPS) is 13.9. The summed E-state index contributed by atoms with van der Waals surface area (Å²) in [5.74, 6) is 0.581. The van der Waals surface area contributed by atoms with E-state index in [2.05, 4.69) is 216 Å². The van der Waals surface area contributed by atoms with Gasteiger partial charge in [-0.1, -0.05) is 194 Å². The molecule has 308 valence electrons. The van der Waals surface area contributed by atoms with E-state index in [-0.39, 0.29) is 10.8 Å². The minimum atomic E-state index is -0.0111. The molecular formula is C60H57NS. The number of nitrogens with zero attached hydrogens (tertiary/aromatic N) is 1. The quantitative estimate of drug-likeness (QED) is 0.155. The van der Waals surface area contributed by atoms with Gasteiger partial charge in [-0.05, 0) is 116 Å². The highest BCUT2D eigenvalue weighted by Crippen LogP contribution is 2.49. The van der Waals surface area contributed by atoms with Crippen LogP contribution in [0, 0.1) is 0 Å². The van der Waals surface area contributed by atoms with Crippen molar-refractivity contribution in [1.82, 2.24) is 0 Å². The molecule has 0 atom stereocenters. The van der Waals surface area contributed by atoms with Crippen LogP contribution in [0.5, 0.6) is 0 Å². The monoisotopic (exact) mass is 823 g/mol. The second-order valence-corrected chi connectivity index (χ2v) is 20.7. The minimum absolute atomic E-state index is 0.0111.